The molecule has 0 bridgehead atoms. The molecule has 0 aliphatic heterocycles. The van der Waals surface area contributed by atoms with E-state index in [0.29, 0.717) is 6.01 Å². The van der Waals surface area contributed by atoms with E-state index in [0.717, 1.165) is 71.6 Å². The highest BCUT2D eigenvalue weighted by Crippen LogP contribution is 2.42. The molecule has 10 aromatic rings. The third-order valence-electron chi connectivity index (χ3n) is 8.56. The van der Waals surface area contributed by atoms with Gasteiger partial charge in [0.1, 0.15) is 16.7 Å². The van der Waals surface area contributed by atoms with Crippen LogP contribution in [0.3, 0.4) is 0 Å². The zero-order valence-corrected chi connectivity index (χ0v) is 22.3. The third-order valence-corrected chi connectivity index (χ3v) is 8.56. The van der Waals surface area contributed by atoms with Crippen LogP contribution in [0, 0.1) is 0 Å². The lowest BCUT2D eigenvalue weighted by Gasteiger charge is -2.10. The smallest absolute Gasteiger partial charge is 0.307 e. The summed E-state index contributed by atoms with van der Waals surface area (Å²) in [6, 6.07) is 44.8. The summed E-state index contributed by atoms with van der Waals surface area (Å²) in [5, 5.41) is 6.67. The lowest BCUT2D eigenvalue weighted by atomic mass is 10.1. The van der Waals surface area contributed by atoms with Crippen LogP contribution in [0.4, 0.5) is 0 Å². The second kappa shape index (κ2) is 7.89. The summed E-state index contributed by atoms with van der Waals surface area (Å²) in [7, 11) is 0. The van der Waals surface area contributed by atoms with Crippen molar-refractivity contribution in [1.29, 1.82) is 0 Å². The van der Waals surface area contributed by atoms with Crippen LogP contribution >= 0.6 is 0 Å². The second-order valence-corrected chi connectivity index (χ2v) is 10.8. The lowest BCUT2D eigenvalue weighted by Crippen LogP contribution is -1.98. The highest BCUT2D eigenvalue weighted by atomic mass is 16.4. The van der Waals surface area contributed by atoms with Crippen molar-refractivity contribution in [3.63, 3.8) is 0 Å². The van der Waals surface area contributed by atoms with Gasteiger partial charge in [-0.05, 0) is 42.5 Å². The maximum absolute atomic E-state index is 6.76. The number of para-hydroxylation sites is 4. The molecule has 5 nitrogen and oxygen atoms in total. The van der Waals surface area contributed by atoms with Crippen LogP contribution in [0.15, 0.2) is 136 Å². The molecule has 0 saturated heterocycles. The molecule has 0 N–H and O–H groups in total. The van der Waals surface area contributed by atoms with E-state index in [4.69, 9.17) is 13.8 Å². The van der Waals surface area contributed by atoms with Gasteiger partial charge in [0.15, 0.2) is 5.58 Å². The Morgan fingerprint density at radius 1 is 0.452 bits per heavy atom. The fraction of sp³-hybridized carbons (Fsp3) is 0. The van der Waals surface area contributed by atoms with E-state index in [1.54, 1.807) is 0 Å². The normalized spacial score (nSPS) is 12.3. The first-order chi connectivity index (χ1) is 20.8. The molecule has 10 rings (SSSR count). The van der Waals surface area contributed by atoms with E-state index >= 15 is 0 Å². The molecule has 0 radical (unpaired) electrons. The topological polar surface area (TPSA) is 49.0 Å². The molecule has 0 fully saturated rings. The summed E-state index contributed by atoms with van der Waals surface area (Å²) < 4.78 is 17.5. The molecule has 0 aliphatic rings. The van der Waals surface area contributed by atoms with Crippen molar-refractivity contribution in [2.45, 2.75) is 0 Å². The fourth-order valence-electron chi connectivity index (χ4n) is 6.82. The lowest BCUT2D eigenvalue weighted by molar-refractivity contribution is 0.577. The quantitative estimate of drug-likeness (QED) is 0.220. The molecule has 4 heterocycles. The molecule has 196 valence electrons. The van der Waals surface area contributed by atoms with Gasteiger partial charge in [0.05, 0.1) is 27.5 Å². The average molecular weight is 540 g/mol. The van der Waals surface area contributed by atoms with E-state index in [-0.39, 0.29) is 0 Å². The molecule has 5 heteroatoms. The first kappa shape index (κ1) is 21.9. The predicted molar refractivity (Wildman–Crippen MR) is 170 cm³/mol. The van der Waals surface area contributed by atoms with E-state index in [1.165, 1.54) is 10.8 Å². The van der Waals surface area contributed by atoms with Gasteiger partial charge in [0.25, 0.3) is 0 Å². The van der Waals surface area contributed by atoms with E-state index in [9.17, 15) is 0 Å². The van der Waals surface area contributed by atoms with Gasteiger partial charge in [0, 0.05) is 32.6 Å². The Hall–Kier alpha value is -5.81. The summed E-state index contributed by atoms with van der Waals surface area (Å²) in [6.45, 7) is 0. The largest absolute Gasteiger partial charge is 0.456 e. The van der Waals surface area contributed by atoms with Crippen molar-refractivity contribution in [3.05, 3.63) is 127 Å². The van der Waals surface area contributed by atoms with Crippen molar-refractivity contribution in [2.24, 2.45) is 0 Å². The number of nitrogens with zero attached hydrogens (tertiary/aromatic N) is 3. The minimum absolute atomic E-state index is 0.534. The second-order valence-electron chi connectivity index (χ2n) is 10.8. The van der Waals surface area contributed by atoms with Crippen molar-refractivity contribution in [2.75, 3.05) is 0 Å². The van der Waals surface area contributed by atoms with E-state index in [2.05, 4.69) is 106 Å². The van der Waals surface area contributed by atoms with Gasteiger partial charge in [-0.1, -0.05) is 84.9 Å². The molecule has 0 spiro atoms. The Morgan fingerprint density at radius 3 is 1.83 bits per heavy atom. The molecule has 0 unspecified atom stereocenters. The standard InChI is InChI=1S/C37H21N3O2/c1-2-10-22(11-3-1)39-29-15-7-4-12-23(29)25-18-19-26-24-13-5-8-16-30(24)40(35(26)34(25)39)37-38-28-20-21-32-33(36(28)42-37)27-14-6-9-17-31(27)41-32/h1-21H. The Kier molecular flexibility index (Phi) is 4.12. The Balaban J connectivity index is 1.42. The molecule has 4 aromatic heterocycles. The Bertz CT molecular complexity index is 2690. The van der Waals surface area contributed by atoms with Crippen LogP contribution in [0.5, 0.6) is 0 Å². The van der Waals surface area contributed by atoms with Crippen LogP contribution in [-0.4, -0.2) is 14.1 Å². The first-order valence-electron chi connectivity index (χ1n) is 14.1. The molecule has 0 aliphatic carbocycles. The van der Waals surface area contributed by atoms with Crippen molar-refractivity contribution < 1.29 is 8.83 Å². The molecule has 0 amide bonds. The molecule has 42 heavy (non-hydrogen) atoms. The Labute approximate surface area is 238 Å². The zero-order valence-electron chi connectivity index (χ0n) is 22.3. The number of fused-ring (bicyclic) bond motifs is 12. The zero-order chi connectivity index (χ0) is 27.4. The SMILES string of the molecule is c1ccc(-n2c3ccccc3c3ccc4c5ccccc5n(-c5nc6ccc7oc8ccccc8c7c6o5)c4c32)cc1. The number of rotatable bonds is 2. The average Bonchev–Trinajstić information content (AvgIpc) is 3.79. The number of furan rings is 1. The highest BCUT2D eigenvalue weighted by molar-refractivity contribution is 6.24. The first-order valence-corrected chi connectivity index (χ1v) is 14.1. The van der Waals surface area contributed by atoms with Gasteiger partial charge in [-0.3, -0.25) is 4.57 Å². The molecule has 6 aromatic carbocycles. The van der Waals surface area contributed by atoms with E-state index < -0.39 is 0 Å². The monoisotopic (exact) mass is 539 g/mol. The van der Waals surface area contributed by atoms with Crippen molar-refractivity contribution >= 4 is 76.6 Å². The van der Waals surface area contributed by atoms with Crippen LogP contribution in [0.2, 0.25) is 0 Å². The fourth-order valence-corrected chi connectivity index (χ4v) is 6.82. The van der Waals surface area contributed by atoms with Crippen LogP contribution < -0.4 is 0 Å². The molecular weight excluding hydrogens is 518 g/mol. The summed E-state index contributed by atoms with van der Waals surface area (Å²) >= 11 is 0. The predicted octanol–water partition coefficient (Wildman–Crippen LogP) is 9.92. The number of oxazole rings is 1. The van der Waals surface area contributed by atoms with Gasteiger partial charge in [-0.15, -0.1) is 0 Å². The summed E-state index contributed by atoms with van der Waals surface area (Å²) in [5.74, 6) is 0. The maximum Gasteiger partial charge on any atom is 0.307 e. The minimum atomic E-state index is 0.534. The third kappa shape index (κ3) is 2.74. The summed E-state index contributed by atoms with van der Waals surface area (Å²) in [6.07, 6.45) is 0. The minimum Gasteiger partial charge on any atom is -0.456 e. The van der Waals surface area contributed by atoms with Gasteiger partial charge in [-0.2, -0.15) is 4.98 Å². The Morgan fingerprint density at radius 2 is 1.07 bits per heavy atom. The van der Waals surface area contributed by atoms with Crippen LogP contribution in [-0.2, 0) is 0 Å². The molecular formula is C37H21N3O2. The van der Waals surface area contributed by atoms with Gasteiger partial charge in [-0.25, -0.2) is 0 Å². The van der Waals surface area contributed by atoms with E-state index in [1.807, 2.05) is 30.3 Å². The highest BCUT2D eigenvalue weighted by Gasteiger charge is 2.24. The number of hydrogen-bond donors (Lipinski definition) is 0. The number of hydrogen-bond acceptors (Lipinski definition) is 3. The van der Waals surface area contributed by atoms with Crippen molar-refractivity contribution in [1.82, 2.24) is 14.1 Å². The van der Waals surface area contributed by atoms with Crippen LogP contribution in [0.1, 0.15) is 0 Å². The number of aromatic nitrogens is 3. The van der Waals surface area contributed by atoms with Gasteiger partial charge in [0.2, 0.25) is 0 Å². The molecule has 0 atom stereocenters. The maximum atomic E-state index is 6.76. The molecule has 0 saturated carbocycles. The van der Waals surface area contributed by atoms with Gasteiger partial charge >= 0.3 is 6.01 Å². The summed E-state index contributed by atoms with van der Waals surface area (Å²) in [5.41, 5.74) is 8.66. The number of benzene rings is 6. The van der Waals surface area contributed by atoms with Crippen LogP contribution in [0.25, 0.3) is 88.4 Å². The van der Waals surface area contributed by atoms with Gasteiger partial charge < -0.3 is 13.4 Å². The van der Waals surface area contributed by atoms with Crippen molar-refractivity contribution in [3.8, 4) is 11.7 Å². The summed E-state index contributed by atoms with van der Waals surface area (Å²) in [4.78, 5) is 5.10.